The summed E-state index contributed by atoms with van der Waals surface area (Å²) in [6, 6.07) is 6.25. The zero-order chi connectivity index (χ0) is 9.80. The molecule has 2 heteroatoms. The topological polar surface area (TPSA) is 9.23 Å². The number of fused-ring (bicyclic) bond motifs is 1. The maximum Gasteiger partial charge on any atom is 0.157 e. The van der Waals surface area contributed by atoms with E-state index < -0.39 is 0 Å². The smallest absolute Gasteiger partial charge is 0.157 e. The molecule has 0 aliphatic carbocycles. The first-order valence-corrected chi connectivity index (χ1v) is 5.76. The standard InChI is InChI=1S/C12H13OS/c1-2-8-13-11-7-3-5-10-6-4-9-14-12(10)11/h2-3,5,7-8H,1,4,6,9H2/i9+2. The first kappa shape index (κ1) is 9.66. The van der Waals surface area contributed by atoms with Crippen LogP contribution in [0.4, 0.5) is 0 Å². The van der Waals surface area contributed by atoms with E-state index in [-0.39, 0.29) is 0 Å². The molecule has 2 rings (SSSR count). The Balaban J connectivity index is 2.25. The van der Waals surface area contributed by atoms with E-state index in [1.165, 1.54) is 29.1 Å². The molecule has 0 saturated heterocycles. The van der Waals surface area contributed by atoms with Crippen molar-refractivity contribution in [3.63, 3.8) is 0 Å². The molecule has 0 atom stereocenters. The first-order valence-electron chi connectivity index (χ1n) is 4.77. The molecular formula is C12H13OS. The number of hydrogen-bond donors (Lipinski definition) is 0. The minimum absolute atomic E-state index is 0.965. The van der Waals surface area contributed by atoms with Crippen LogP contribution in [0.25, 0.3) is 0 Å². The Bertz CT molecular complexity index is 333. The van der Waals surface area contributed by atoms with Crippen LogP contribution in [0.2, 0.25) is 0 Å². The van der Waals surface area contributed by atoms with E-state index in [4.69, 9.17) is 4.74 Å². The van der Waals surface area contributed by atoms with Crippen molar-refractivity contribution in [3.8, 4) is 5.75 Å². The van der Waals surface area contributed by atoms with Crippen molar-refractivity contribution in [1.29, 1.82) is 0 Å². The van der Waals surface area contributed by atoms with Gasteiger partial charge in [-0.1, -0.05) is 18.7 Å². The summed E-state index contributed by atoms with van der Waals surface area (Å²) in [4.78, 5) is 1.30. The highest BCUT2D eigenvalue weighted by molar-refractivity contribution is 7.99. The van der Waals surface area contributed by atoms with Crippen LogP contribution in [-0.4, -0.2) is 5.75 Å². The largest absolute Gasteiger partial charge is 0.481 e. The van der Waals surface area contributed by atoms with Crippen molar-refractivity contribution < 1.29 is 4.74 Å². The minimum Gasteiger partial charge on any atom is -0.481 e. The van der Waals surface area contributed by atoms with E-state index in [1.807, 2.05) is 17.8 Å². The SMILES string of the molecule is C=C[CH]Oc1cccc2c1S[14CH2]CC2. The molecule has 1 aliphatic rings. The monoisotopic (exact) mass is 207 g/mol. The Hall–Kier alpha value is -0.890. The van der Waals surface area contributed by atoms with Crippen molar-refractivity contribution in [2.45, 2.75) is 17.7 Å². The maximum absolute atomic E-state index is 5.49. The second-order valence-corrected chi connectivity index (χ2v) is 4.29. The Morgan fingerprint density at radius 3 is 3.29 bits per heavy atom. The third-order valence-electron chi connectivity index (χ3n) is 2.19. The Morgan fingerprint density at radius 2 is 2.43 bits per heavy atom. The van der Waals surface area contributed by atoms with Gasteiger partial charge >= 0.3 is 0 Å². The number of thioether (sulfide) groups is 1. The fourth-order valence-corrected chi connectivity index (χ4v) is 2.68. The van der Waals surface area contributed by atoms with Crippen LogP contribution in [0.3, 0.4) is 0 Å². The normalized spacial score (nSPS) is 14.6. The number of ether oxygens (including phenoxy) is 1. The Morgan fingerprint density at radius 1 is 1.50 bits per heavy atom. The zero-order valence-corrected chi connectivity index (χ0v) is 8.85. The predicted molar refractivity (Wildman–Crippen MR) is 60.6 cm³/mol. The zero-order valence-electron chi connectivity index (χ0n) is 8.03. The summed E-state index contributed by atoms with van der Waals surface area (Å²) < 4.78 is 5.49. The van der Waals surface area contributed by atoms with Gasteiger partial charge in [-0.05, 0) is 36.3 Å². The molecule has 1 heterocycles. The first-order chi connectivity index (χ1) is 6.92. The van der Waals surface area contributed by atoms with Gasteiger partial charge in [0.15, 0.2) is 6.61 Å². The summed E-state index contributed by atoms with van der Waals surface area (Å²) in [7, 11) is 0. The van der Waals surface area contributed by atoms with E-state index in [1.54, 1.807) is 12.7 Å². The summed E-state index contributed by atoms with van der Waals surface area (Å²) in [5.41, 5.74) is 1.41. The van der Waals surface area contributed by atoms with Gasteiger partial charge in [-0.3, -0.25) is 0 Å². The van der Waals surface area contributed by atoms with Gasteiger partial charge in [0.05, 0.1) is 4.90 Å². The highest BCUT2D eigenvalue weighted by Crippen LogP contribution is 2.37. The maximum atomic E-state index is 5.49. The van der Waals surface area contributed by atoms with Crippen LogP contribution in [-0.2, 0) is 6.42 Å². The van der Waals surface area contributed by atoms with Crippen LogP contribution in [0.15, 0.2) is 35.7 Å². The van der Waals surface area contributed by atoms with Crippen LogP contribution in [0.1, 0.15) is 12.0 Å². The molecule has 1 aromatic carbocycles. The van der Waals surface area contributed by atoms with E-state index in [0.717, 1.165) is 5.75 Å². The van der Waals surface area contributed by atoms with Gasteiger partial charge in [0.1, 0.15) is 5.75 Å². The van der Waals surface area contributed by atoms with E-state index in [0.29, 0.717) is 0 Å². The average molecular weight is 207 g/mol. The Kier molecular flexibility index (Phi) is 3.14. The molecule has 0 N–H and O–H groups in total. The van der Waals surface area contributed by atoms with Crippen LogP contribution >= 0.6 is 11.8 Å². The van der Waals surface area contributed by atoms with Gasteiger partial charge in [-0.2, -0.15) is 0 Å². The fraction of sp³-hybridized carbons (Fsp3) is 0.250. The minimum atomic E-state index is 0.965. The molecular weight excluding hydrogens is 194 g/mol. The molecule has 73 valence electrons. The molecule has 0 aromatic heterocycles. The van der Waals surface area contributed by atoms with Gasteiger partial charge in [0, 0.05) is 0 Å². The van der Waals surface area contributed by atoms with Crippen molar-refractivity contribution in [3.05, 3.63) is 43.0 Å². The molecule has 0 spiro atoms. The lowest BCUT2D eigenvalue weighted by atomic mass is 10.1. The molecule has 1 nitrogen and oxygen atoms in total. The molecule has 0 unspecified atom stereocenters. The summed E-state index contributed by atoms with van der Waals surface area (Å²) in [6.07, 6.45) is 4.10. The molecule has 0 saturated carbocycles. The van der Waals surface area contributed by atoms with Gasteiger partial charge in [-0.25, -0.2) is 0 Å². The van der Waals surface area contributed by atoms with Crippen LogP contribution < -0.4 is 4.74 Å². The van der Waals surface area contributed by atoms with Gasteiger partial charge in [0.2, 0.25) is 0 Å². The highest BCUT2D eigenvalue weighted by Gasteiger charge is 2.13. The molecule has 0 fully saturated rings. The summed E-state index contributed by atoms with van der Waals surface area (Å²) in [6.45, 7) is 5.23. The van der Waals surface area contributed by atoms with Crippen LogP contribution in [0, 0.1) is 6.61 Å². The number of rotatable bonds is 3. The van der Waals surface area contributed by atoms with Gasteiger partial charge in [-0.15, -0.1) is 11.8 Å². The lowest BCUT2D eigenvalue weighted by Gasteiger charge is -2.18. The molecule has 14 heavy (non-hydrogen) atoms. The van der Waals surface area contributed by atoms with Gasteiger partial charge in [0.25, 0.3) is 0 Å². The second kappa shape index (κ2) is 4.56. The fourth-order valence-electron chi connectivity index (χ4n) is 1.57. The third kappa shape index (κ3) is 1.95. The highest BCUT2D eigenvalue weighted by atomic mass is 32.2. The summed E-state index contributed by atoms with van der Waals surface area (Å²) in [5.74, 6) is 2.16. The summed E-state index contributed by atoms with van der Waals surface area (Å²) in [5, 5.41) is 0. The van der Waals surface area contributed by atoms with Gasteiger partial charge < -0.3 is 4.74 Å². The lowest BCUT2D eigenvalue weighted by molar-refractivity contribution is 0.422. The van der Waals surface area contributed by atoms with E-state index in [2.05, 4.69) is 18.7 Å². The Labute approximate surface area is 89.2 Å². The molecule has 1 aliphatic heterocycles. The molecule has 1 aromatic rings. The predicted octanol–water partition coefficient (Wildman–Crippen LogP) is 3.45. The van der Waals surface area contributed by atoms with Crippen molar-refractivity contribution >= 4 is 11.8 Å². The average Bonchev–Trinajstić information content (AvgIpc) is 2.26. The molecule has 0 bridgehead atoms. The van der Waals surface area contributed by atoms with E-state index in [9.17, 15) is 0 Å². The van der Waals surface area contributed by atoms with Crippen molar-refractivity contribution in [1.82, 2.24) is 0 Å². The number of aryl methyl sites for hydroxylation is 1. The summed E-state index contributed by atoms with van der Waals surface area (Å²) >= 11 is 1.89. The van der Waals surface area contributed by atoms with Crippen LogP contribution in [0.5, 0.6) is 5.75 Å². The lowest BCUT2D eigenvalue weighted by Crippen LogP contribution is -2.00. The molecule has 1 radical (unpaired) electrons. The molecule has 0 amide bonds. The van der Waals surface area contributed by atoms with Crippen molar-refractivity contribution in [2.75, 3.05) is 5.75 Å². The number of benzene rings is 1. The van der Waals surface area contributed by atoms with E-state index >= 15 is 0 Å². The number of hydrogen-bond acceptors (Lipinski definition) is 2. The second-order valence-electron chi connectivity index (χ2n) is 3.19. The third-order valence-corrected chi connectivity index (χ3v) is 3.43. The quantitative estimate of drug-likeness (QED) is 0.750. The van der Waals surface area contributed by atoms with Crippen molar-refractivity contribution in [2.24, 2.45) is 0 Å².